The number of hydrogen-bond donors (Lipinski definition) is 2. The number of halogens is 2. The molecule has 150 valence electrons. The van der Waals surface area contributed by atoms with Crippen molar-refractivity contribution in [2.24, 2.45) is 0 Å². The van der Waals surface area contributed by atoms with Gasteiger partial charge in [-0.2, -0.15) is 0 Å². The summed E-state index contributed by atoms with van der Waals surface area (Å²) in [6.07, 6.45) is 1.04. The van der Waals surface area contributed by atoms with E-state index in [1.54, 1.807) is 49.4 Å². The molecule has 0 aliphatic rings. The van der Waals surface area contributed by atoms with Crippen molar-refractivity contribution >= 4 is 54.9 Å². The SMILES string of the molecule is Cc1cc(Cl)ccc1NC(=O)C(CCS(C)(=O)=O)NC(=O)c1ccccc1Br. The molecule has 2 aromatic carbocycles. The molecule has 2 aromatic rings. The van der Waals surface area contributed by atoms with E-state index in [4.69, 9.17) is 11.6 Å². The van der Waals surface area contributed by atoms with Crippen molar-refractivity contribution in [2.45, 2.75) is 19.4 Å². The van der Waals surface area contributed by atoms with Gasteiger partial charge >= 0.3 is 0 Å². The Balaban J connectivity index is 2.21. The highest BCUT2D eigenvalue weighted by molar-refractivity contribution is 9.10. The monoisotopic (exact) mass is 486 g/mol. The van der Waals surface area contributed by atoms with E-state index in [1.807, 2.05) is 0 Å². The van der Waals surface area contributed by atoms with Gasteiger partial charge in [0.15, 0.2) is 0 Å². The second-order valence-electron chi connectivity index (χ2n) is 6.37. The first-order valence-electron chi connectivity index (χ1n) is 8.37. The smallest absolute Gasteiger partial charge is 0.253 e. The van der Waals surface area contributed by atoms with Crippen molar-refractivity contribution in [2.75, 3.05) is 17.3 Å². The van der Waals surface area contributed by atoms with E-state index in [1.165, 1.54) is 0 Å². The summed E-state index contributed by atoms with van der Waals surface area (Å²) in [5.41, 5.74) is 1.64. The molecule has 0 bridgehead atoms. The molecule has 2 rings (SSSR count). The summed E-state index contributed by atoms with van der Waals surface area (Å²) in [4.78, 5) is 25.3. The third-order valence-electron chi connectivity index (χ3n) is 3.96. The topological polar surface area (TPSA) is 92.3 Å². The van der Waals surface area contributed by atoms with Crippen LogP contribution in [0.5, 0.6) is 0 Å². The molecule has 0 radical (unpaired) electrons. The van der Waals surface area contributed by atoms with Gasteiger partial charge in [0.25, 0.3) is 5.91 Å². The highest BCUT2D eigenvalue weighted by Gasteiger charge is 2.24. The van der Waals surface area contributed by atoms with Gasteiger partial charge in [-0.25, -0.2) is 8.42 Å². The van der Waals surface area contributed by atoms with Crippen LogP contribution in [0.4, 0.5) is 5.69 Å². The molecule has 0 spiro atoms. The Labute approximate surface area is 177 Å². The van der Waals surface area contributed by atoms with Gasteiger partial charge < -0.3 is 10.6 Å². The lowest BCUT2D eigenvalue weighted by Crippen LogP contribution is -2.45. The van der Waals surface area contributed by atoms with E-state index >= 15 is 0 Å². The van der Waals surface area contributed by atoms with Gasteiger partial charge in [0.2, 0.25) is 5.91 Å². The number of rotatable bonds is 7. The molecule has 1 unspecified atom stereocenters. The van der Waals surface area contributed by atoms with Gasteiger partial charge in [0.1, 0.15) is 15.9 Å². The van der Waals surface area contributed by atoms with Crippen LogP contribution in [0.25, 0.3) is 0 Å². The normalized spacial score (nSPS) is 12.3. The second-order valence-corrected chi connectivity index (χ2v) is 9.92. The number of amides is 2. The number of hydrogen-bond acceptors (Lipinski definition) is 4. The van der Waals surface area contributed by atoms with Crippen LogP contribution in [0.15, 0.2) is 46.9 Å². The quantitative estimate of drug-likeness (QED) is 0.624. The Morgan fingerprint density at radius 3 is 2.46 bits per heavy atom. The third kappa shape index (κ3) is 6.61. The maximum absolute atomic E-state index is 12.8. The molecule has 9 heteroatoms. The van der Waals surface area contributed by atoms with Gasteiger partial charge in [0, 0.05) is 21.4 Å². The standard InChI is InChI=1S/C19H20BrClN2O4S/c1-12-11-13(21)7-8-16(12)22-19(25)17(9-10-28(2,26)27)23-18(24)14-5-3-4-6-15(14)20/h3-8,11,17H,9-10H2,1-2H3,(H,22,25)(H,23,24). The summed E-state index contributed by atoms with van der Waals surface area (Å²) in [5.74, 6) is -1.22. The van der Waals surface area contributed by atoms with Crippen molar-refractivity contribution in [3.8, 4) is 0 Å². The summed E-state index contributed by atoms with van der Waals surface area (Å²) in [6.45, 7) is 1.78. The Bertz CT molecular complexity index is 995. The molecular formula is C19H20BrClN2O4S. The Kier molecular flexibility index (Phi) is 7.63. The lowest BCUT2D eigenvalue weighted by Gasteiger charge is -2.19. The molecule has 0 aliphatic heterocycles. The largest absolute Gasteiger partial charge is 0.340 e. The molecule has 0 fully saturated rings. The molecule has 2 N–H and O–H groups in total. The van der Waals surface area contributed by atoms with Gasteiger partial charge in [-0.3, -0.25) is 9.59 Å². The van der Waals surface area contributed by atoms with Crippen LogP contribution in [0.2, 0.25) is 5.02 Å². The number of aryl methyl sites for hydroxylation is 1. The highest BCUT2D eigenvalue weighted by Crippen LogP contribution is 2.20. The van der Waals surface area contributed by atoms with Crippen LogP contribution in [0, 0.1) is 6.92 Å². The maximum atomic E-state index is 12.8. The Morgan fingerprint density at radius 2 is 1.86 bits per heavy atom. The first kappa shape index (κ1) is 22.4. The summed E-state index contributed by atoms with van der Waals surface area (Å²) in [6, 6.07) is 10.7. The number of anilines is 1. The van der Waals surface area contributed by atoms with Crippen molar-refractivity contribution in [1.29, 1.82) is 0 Å². The molecular weight excluding hydrogens is 468 g/mol. The van der Waals surface area contributed by atoms with Gasteiger partial charge in [-0.15, -0.1) is 0 Å². The maximum Gasteiger partial charge on any atom is 0.253 e. The van der Waals surface area contributed by atoms with Crippen molar-refractivity contribution < 1.29 is 18.0 Å². The summed E-state index contributed by atoms with van der Waals surface area (Å²) < 4.78 is 23.7. The predicted molar refractivity (Wildman–Crippen MR) is 115 cm³/mol. The minimum absolute atomic E-state index is 0.0481. The van der Waals surface area contributed by atoms with Crippen LogP contribution in [0.1, 0.15) is 22.3 Å². The summed E-state index contributed by atoms with van der Waals surface area (Å²) in [7, 11) is -3.31. The second kappa shape index (κ2) is 9.54. The number of nitrogens with one attached hydrogen (secondary N) is 2. The highest BCUT2D eigenvalue weighted by atomic mass is 79.9. The zero-order valence-electron chi connectivity index (χ0n) is 15.3. The molecule has 6 nitrogen and oxygen atoms in total. The van der Waals surface area contributed by atoms with Gasteiger partial charge in [0.05, 0.1) is 11.3 Å². The van der Waals surface area contributed by atoms with E-state index in [0.717, 1.165) is 11.8 Å². The van der Waals surface area contributed by atoms with Crippen LogP contribution in [0.3, 0.4) is 0 Å². The molecule has 0 saturated carbocycles. The fraction of sp³-hybridized carbons (Fsp3) is 0.263. The van der Waals surface area contributed by atoms with E-state index in [-0.39, 0.29) is 12.2 Å². The van der Waals surface area contributed by atoms with E-state index < -0.39 is 27.7 Å². The van der Waals surface area contributed by atoms with Gasteiger partial charge in [-0.05, 0) is 65.2 Å². The van der Waals surface area contributed by atoms with E-state index in [0.29, 0.717) is 20.7 Å². The zero-order chi connectivity index (χ0) is 20.9. The third-order valence-corrected chi connectivity index (χ3v) is 5.87. The number of benzene rings is 2. The van der Waals surface area contributed by atoms with Crippen LogP contribution < -0.4 is 10.6 Å². The lowest BCUT2D eigenvalue weighted by molar-refractivity contribution is -0.118. The van der Waals surface area contributed by atoms with Crippen molar-refractivity contribution in [3.63, 3.8) is 0 Å². The van der Waals surface area contributed by atoms with Crippen LogP contribution >= 0.6 is 27.5 Å². The fourth-order valence-corrected chi connectivity index (χ4v) is 3.82. The summed E-state index contributed by atoms with van der Waals surface area (Å²) in [5, 5.41) is 5.89. The molecule has 0 aliphatic carbocycles. The molecule has 0 aromatic heterocycles. The fourth-order valence-electron chi connectivity index (χ4n) is 2.47. The number of carbonyl (C=O) groups excluding carboxylic acids is 2. The minimum Gasteiger partial charge on any atom is -0.340 e. The first-order valence-corrected chi connectivity index (χ1v) is 11.6. The first-order chi connectivity index (χ1) is 13.1. The molecule has 2 amide bonds. The molecule has 0 heterocycles. The predicted octanol–water partition coefficient (Wildman–Crippen LogP) is 3.58. The van der Waals surface area contributed by atoms with Crippen LogP contribution in [-0.4, -0.2) is 38.3 Å². The van der Waals surface area contributed by atoms with E-state index in [2.05, 4.69) is 26.6 Å². The van der Waals surface area contributed by atoms with Crippen molar-refractivity contribution in [1.82, 2.24) is 5.32 Å². The number of sulfone groups is 1. The molecule has 1 atom stereocenters. The van der Waals surface area contributed by atoms with Crippen molar-refractivity contribution in [3.05, 3.63) is 63.1 Å². The molecule has 28 heavy (non-hydrogen) atoms. The molecule has 0 saturated heterocycles. The zero-order valence-corrected chi connectivity index (χ0v) is 18.5. The lowest BCUT2D eigenvalue weighted by atomic mass is 10.1. The summed E-state index contributed by atoms with van der Waals surface area (Å²) >= 11 is 9.22. The average molecular weight is 488 g/mol. The Hall–Kier alpha value is -1.90. The minimum atomic E-state index is -3.31. The number of carbonyl (C=O) groups is 2. The van der Waals surface area contributed by atoms with Gasteiger partial charge in [-0.1, -0.05) is 23.7 Å². The Morgan fingerprint density at radius 1 is 1.18 bits per heavy atom. The van der Waals surface area contributed by atoms with Crippen LogP contribution in [-0.2, 0) is 14.6 Å². The van der Waals surface area contributed by atoms with E-state index in [9.17, 15) is 18.0 Å². The average Bonchev–Trinajstić information content (AvgIpc) is 2.60.